The average Bonchev–Trinajstić information content (AvgIpc) is 2.51. The van der Waals surface area contributed by atoms with Gasteiger partial charge in [0.1, 0.15) is 0 Å². The maximum atomic E-state index is 6.07. The topological polar surface area (TPSA) is 52.0 Å². The molecule has 0 aliphatic carbocycles. The molecule has 4 N–H and O–H groups in total. The summed E-state index contributed by atoms with van der Waals surface area (Å²) in [5.74, 6) is 0.511. The third-order valence-corrected chi connectivity index (χ3v) is 3.45. The first-order chi connectivity index (χ1) is 6.15. The number of hydrogen-bond acceptors (Lipinski definition) is 3. The van der Waals surface area contributed by atoms with Crippen molar-refractivity contribution in [1.29, 1.82) is 0 Å². The minimum atomic E-state index is 0.165. The Morgan fingerprint density at radius 3 is 2.69 bits per heavy atom. The van der Waals surface area contributed by atoms with E-state index in [1.165, 1.54) is 10.4 Å². The highest BCUT2D eigenvalue weighted by molar-refractivity contribution is 7.10. The van der Waals surface area contributed by atoms with Gasteiger partial charge >= 0.3 is 0 Å². The van der Waals surface area contributed by atoms with Gasteiger partial charge in [-0.05, 0) is 42.8 Å². The van der Waals surface area contributed by atoms with Crippen LogP contribution >= 0.6 is 11.3 Å². The summed E-state index contributed by atoms with van der Waals surface area (Å²) in [4.78, 5) is 1.31. The fourth-order valence-corrected chi connectivity index (χ4v) is 2.34. The SMILES string of the molecule is Cc1ccsc1C(N)CC(C)CN. The summed E-state index contributed by atoms with van der Waals surface area (Å²) in [7, 11) is 0. The standard InChI is InChI=1S/C10H18N2S/c1-7(6-11)5-9(12)10-8(2)3-4-13-10/h3-4,7,9H,5-6,11-12H2,1-2H3. The van der Waals surface area contributed by atoms with E-state index in [0.717, 1.165) is 13.0 Å². The second-order valence-corrected chi connectivity index (χ2v) is 4.60. The van der Waals surface area contributed by atoms with Crippen LogP contribution in [0.1, 0.15) is 29.8 Å². The first-order valence-corrected chi connectivity index (χ1v) is 5.52. The summed E-state index contributed by atoms with van der Waals surface area (Å²) in [6.45, 7) is 4.97. The van der Waals surface area contributed by atoms with E-state index in [0.29, 0.717) is 5.92 Å². The van der Waals surface area contributed by atoms with Crippen molar-refractivity contribution in [3.05, 3.63) is 21.9 Å². The van der Waals surface area contributed by atoms with E-state index in [1.807, 2.05) is 0 Å². The van der Waals surface area contributed by atoms with Crippen LogP contribution in [0, 0.1) is 12.8 Å². The fraction of sp³-hybridized carbons (Fsp3) is 0.600. The molecule has 1 rings (SSSR count). The second-order valence-electron chi connectivity index (χ2n) is 3.65. The quantitative estimate of drug-likeness (QED) is 0.778. The fourth-order valence-electron chi connectivity index (χ4n) is 1.40. The molecule has 1 aromatic rings. The van der Waals surface area contributed by atoms with Crippen molar-refractivity contribution in [2.24, 2.45) is 17.4 Å². The van der Waals surface area contributed by atoms with Crippen LogP contribution in [0.4, 0.5) is 0 Å². The second kappa shape index (κ2) is 4.74. The monoisotopic (exact) mass is 198 g/mol. The molecule has 1 heterocycles. The van der Waals surface area contributed by atoms with Crippen molar-refractivity contribution in [2.45, 2.75) is 26.3 Å². The van der Waals surface area contributed by atoms with Gasteiger partial charge in [-0.15, -0.1) is 11.3 Å². The van der Waals surface area contributed by atoms with Crippen molar-refractivity contribution in [2.75, 3.05) is 6.54 Å². The zero-order valence-corrected chi connectivity index (χ0v) is 9.10. The molecular formula is C10H18N2S. The number of hydrogen-bond donors (Lipinski definition) is 2. The van der Waals surface area contributed by atoms with Crippen LogP contribution in [0.2, 0.25) is 0 Å². The van der Waals surface area contributed by atoms with E-state index in [1.54, 1.807) is 11.3 Å². The van der Waals surface area contributed by atoms with Crippen LogP contribution in [0.25, 0.3) is 0 Å². The van der Waals surface area contributed by atoms with Crippen LogP contribution in [-0.2, 0) is 0 Å². The molecule has 0 amide bonds. The molecule has 2 atom stereocenters. The van der Waals surface area contributed by atoms with E-state index in [2.05, 4.69) is 25.3 Å². The highest BCUT2D eigenvalue weighted by atomic mass is 32.1. The van der Waals surface area contributed by atoms with Gasteiger partial charge in [-0.25, -0.2) is 0 Å². The van der Waals surface area contributed by atoms with Crippen molar-refractivity contribution in [3.63, 3.8) is 0 Å². The molecule has 1 aromatic heterocycles. The Hall–Kier alpha value is -0.380. The first-order valence-electron chi connectivity index (χ1n) is 4.64. The van der Waals surface area contributed by atoms with Crippen molar-refractivity contribution in [3.8, 4) is 0 Å². The zero-order chi connectivity index (χ0) is 9.84. The molecule has 0 fully saturated rings. The lowest BCUT2D eigenvalue weighted by Gasteiger charge is -2.15. The highest BCUT2D eigenvalue weighted by Crippen LogP contribution is 2.26. The Kier molecular flexibility index (Phi) is 3.90. The lowest BCUT2D eigenvalue weighted by Crippen LogP contribution is -2.19. The van der Waals surface area contributed by atoms with E-state index in [-0.39, 0.29) is 6.04 Å². The lowest BCUT2D eigenvalue weighted by atomic mass is 10.0. The maximum Gasteiger partial charge on any atom is 0.0395 e. The van der Waals surface area contributed by atoms with Crippen LogP contribution < -0.4 is 11.5 Å². The van der Waals surface area contributed by atoms with Crippen LogP contribution in [-0.4, -0.2) is 6.54 Å². The Balaban J connectivity index is 2.58. The normalized spacial score (nSPS) is 15.7. The predicted octanol–water partition coefficient (Wildman–Crippen LogP) is 2.04. The van der Waals surface area contributed by atoms with E-state index in [9.17, 15) is 0 Å². The van der Waals surface area contributed by atoms with Crippen molar-refractivity contribution < 1.29 is 0 Å². The highest BCUT2D eigenvalue weighted by Gasteiger charge is 2.12. The van der Waals surface area contributed by atoms with Crippen molar-refractivity contribution >= 4 is 11.3 Å². The van der Waals surface area contributed by atoms with Gasteiger partial charge in [-0.2, -0.15) is 0 Å². The minimum Gasteiger partial charge on any atom is -0.330 e. The van der Waals surface area contributed by atoms with Crippen molar-refractivity contribution in [1.82, 2.24) is 0 Å². The molecule has 0 spiro atoms. The summed E-state index contributed by atoms with van der Waals surface area (Å²) in [5.41, 5.74) is 12.9. The number of thiophene rings is 1. The molecule has 0 radical (unpaired) electrons. The third kappa shape index (κ3) is 2.79. The van der Waals surface area contributed by atoms with E-state index in [4.69, 9.17) is 11.5 Å². The molecule has 74 valence electrons. The Morgan fingerprint density at radius 1 is 1.54 bits per heavy atom. The van der Waals surface area contributed by atoms with Gasteiger partial charge in [0.05, 0.1) is 0 Å². The molecule has 0 saturated heterocycles. The van der Waals surface area contributed by atoms with Gasteiger partial charge in [0.2, 0.25) is 0 Å². The third-order valence-electron chi connectivity index (χ3n) is 2.30. The van der Waals surface area contributed by atoms with Gasteiger partial charge in [-0.1, -0.05) is 6.92 Å². The van der Waals surface area contributed by atoms with E-state index >= 15 is 0 Å². The number of rotatable bonds is 4. The number of nitrogens with two attached hydrogens (primary N) is 2. The smallest absolute Gasteiger partial charge is 0.0395 e. The molecule has 0 aromatic carbocycles. The summed E-state index contributed by atoms with van der Waals surface area (Å²) in [5, 5.41) is 2.09. The molecule has 2 unspecified atom stereocenters. The zero-order valence-electron chi connectivity index (χ0n) is 8.29. The molecule has 13 heavy (non-hydrogen) atoms. The average molecular weight is 198 g/mol. The Labute approximate surface area is 83.9 Å². The van der Waals surface area contributed by atoms with Gasteiger partial charge < -0.3 is 11.5 Å². The first kappa shape index (κ1) is 10.7. The van der Waals surface area contributed by atoms with Gasteiger partial charge in [-0.3, -0.25) is 0 Å². The predicted molar refractivity (Wildman–Crippen MR) is 58.8 cm³/mol. The summed E-state index contributed by atoms with van der Waals surface area (Å²) in [6.07, 6.45) is 0.984. The molecule has 3 heteroatoms. The van der Waals surface area contributed by atoms with Gasteiger partial charge in [0.15, 0.2) is 0 Å². The van der Waals surface area contributed by atoms with Crippen LogP contribution in [0.3, 0.4) is 0 Å². The van der Waals surface area contributed by atoms with Gasteiger partial charge in [0, 0.05) is 10.9 Å². The van der Waals surface area contributed by atoms with Crippen LogP contribution in [0.15, 0.2) is 11.4 Å². The van der Waals surface area contributed by atoms with E-state index < -0.39 is 0 Å². The molecular weight excluding hydrogens is 180 g/mol. The molecule has 0 saturated carbocycles. The lowest BCUT2D eigenvalue weighted by molar-refractivity contribution is 0.485. The molecule has 0 bridgehead atoms. The Morgan fingerprint density at radius 2 is 2.23 bits per heavy atom. The molecule has 2 nitrogen and oxygen atoms in total. The minimum absolute atomic E-state index is 0.165. The summed E-state index contributed by atoms with van der Waals surface area (Å²) >= 11 is 1.74. The molecule has 0 aliphatic heterocycles. The maximum absolute atomic E-state index is 6.07. The summed E-state index contributed by atoms with van der Waals surface area (Å²) in [6, 6.07) is 2.28. The number of aryl methyl sites for hydroxylation is 1. The largest absolute Gasteiger partial charge is 0.330 e. The van der Waals surface area contributed by atoms with Crippen LogP contribution in [0.5, 0.6) is 0 Å². The van der Waals surface area contributed by atoms with Gasteiger partial charge in [0.25, 0.3) is 0 Å². The molecule has 0 aliphatic rings. The Bertz CT molecular complexity index is 257. The summed E-state index contributed by atoms with van der Waals surface area (Å²) < 4.78 is 0.